The minimum Gasteiger partial charge on any atom is -0.382 e. The van der Waals surface area contributed by atoms with Gasteiger partial charge in [-0.15, -0.1) is 0 Å². The second-order valence-corrected chi connectivity index (χ2v) is 4.96. The largest absolute Gasteiger partial charge is 0.382 e. The van der Waals surface area contributed by atoms with E-state index in [1.165, 1.54) is 25.7 Å². The van der Waals surface area contributed by atoms with Crippen molar-refractivity contribution in [3.05, 3.63) is 29.8 Å². The Morgan fingerprint density at radius 1 is 1.35 bits per heavy atom. The van der Waals surface area contributed by atoms with Crippen LogP contribution in [0.3, 0.4) is 0 Å². The first-order valence-corrected chi connectivity index (χ1v) is 6.33. The number of carbonyl (C=O) groups excluding carboxylic acids is 1. The van der Waals surface area contributed by atoms with Crippen LogP contribution in [-0.2, 0) is 0 Å². The molecule has 0 spiro atoms. The van der Waals surface area contributed by atoms with E-state index in [2.05, 4.69) is 12.2 Å². The molecule has 2 rings (SSSR count). The van der Waals surface area contributed by atoms with Crippen LogP contribution in [0.5, 0.6) is 0 Å². The molecule has 1 aliphatic rings. The molecule has 2 unspecified atom stereocenters. The maximum Gasteiger partial charge on any atom is 0.248 e. The van der Waals surface area contributed by atoms with Crippen LogP contribution in [0.15, 0.2) is 24.3 Å². The molecule has 1 saturated carbocycles. The van der Waals surface area contributed by atoms with Crippen molar-refractivity contribution >= 4 is 11.6 Å². The average molecular weight is 232 g/mol. The summed E-state index contributed by atoms with van der Waals surface area (Å²) in [5, 5.41) is 3.52. The maximum atomic E-state index is 11.1. The Morgan fingerprint density at radius 3 is 2.82 bits per heavy atom. The van der Waals surface area contributed by atoms with Gasteiger partial charge >= 0.3 is 0 Å². The normalized spacial score (nSPS) is 24.3. The van der Waals surface area contributed by atoms with Crippen molar-refractivity contribution in [3.8, 4) is 0 Å². The number of primary amides is 1. The maximum absolute atomic E-state index is 11.1. The van der Waals surface area contributed by atoms with Crippen LogP contribution in [-0.4, -0.2) is 11.9 Å². The molecule has 3 heteroatoms. The molecule has 1 fully saturated rings. The Balaban J connectivity index is 2.07. The third-order valence-corrected chi connectivity index (χ3v) is 3.61. The van der Waals surface area contributed by atoms with E-state index in [1.54, 1.807) is 6.07 Å². The number of hydrogen-bond acceptors (Lipinski definition) is 2. The standard InChI is InChI=1S/C14H20N2O/c1-10-5-2-3-8-13(10)16-12-7-4-6-11(9-12)14(15)17/h4,6-7,9-10,13,16H,2-3,5,8H2,1H3,(H2,15,17). The monoisotopic (exact) mass is 232 g/mol. The van der Waals surface area contributed by atoms with Crippen molar-refractivity contribution in [2.75, 3.05) is 5.32 Å². The molecule has 1 aromatic rings. The number of rotatable bonds is 3. The fraction of sp³-hybridized carbons (Fsp3) is 0.500. The van der Waals surface area contributed by atoms with Crippen molar-refractivity contribution in [1.29, 1.82) is 0 Å². The minimum absolute atomic E-state index is 0.370. The van der Waals surface area contributed by atoms with Crippen LogP contribution in [0.2, 0.25) is 0 Å². The lowest BCUT2D eigenvalue weighted by Gasteiger charge is -2.30. The average Bonchev–Trinajstić information content (AvgIpc) is 2.32. The fourth-order valence-corrected chi connectivity index (χ4v) is 2.51. The molecule has 0 radical (unpaired) electrons. The van der Waals surface area contributed by atoms with Gasteiger partial charge in [-0.2, -0.15) is 0 Å². The molecule has 3 nitrogen and oxygen atoms in total. The quantitative estimate of drug-likeness (QED) is 0.842. The molecule has 0 aromatic heterocycles. The van der Waals surface area contributed by atoms with Crippen LogP contribution in [0.1, 0.15) is 43.0 Å². The number of nitrogens with two attached hydrogens (primary N) is 1. The molecule has 17 heavy (non-hydrogen) atoms. The van der Waals surface area contributed by atoms with Gasteiger partial charge in [0, 0.05) is 17.3 Å². The van der Waals surface area contributed by atoms with Crippen molar-refractivity contribution in [2.45, 2.75) is 38.6 Å². The highest BCUT2D eigenvalue weighted by molar-refractivity contribution is 5.93. The van der Waals surface area contributed by atoms with Gasteiger partial charge in [-0.3, -0.25) is 4.79 Å². The molecule has 0 bridgehead atoms. The Morgan fingerprint density at radius 2 is 2.12 bits per heavy atom. The van der Waals surface area contributed by atoms with E-state index in [0.717, 1.165) is 5.69 Å². The van der Waals surface area contributed by atoms with Crippen LogP contribution >= 0.6 is 0 Å². The van der Waals surface area contributed by atoms with Crippen molar-refractivity contribution < 1.29 is 4.79 Å². The summed E-state index contributed by atoms with van der Waals surface area (Å²) >= 11 is 0. The SMILES string of the molecule is CC1CCCCC1Nc1cccc(C(N)=O)c1. The lowest BCUT2D eigenvalue weighted by atomic mass is 9.86. The second kappa shape index (κ2) is 5.21. The van der Waals surface area contributed by atoms with Crippen LogP contribution in [0.4, 0.5) is 5.69 Å². The van der Waals surface area contributed by atoms with Crippen molar-refractivity contribution in [2.24, 2.45) is 11.7 Å². The molecule has 92 valence electrons. The van der Waals surface area contributed by atoms with Gasteiger partial charge in [0.25, 0.3) is 0 Å². The van der Waals surface area contributed by atoms with Gasteiger partial charge in [-0.1, -0.05) is 25.8 Å². The van der Waals surface area contributed by atoms with E-state index in [0.29, 0.717) is 17.5 Å². The first-order chi connectivity index (χ1) is 8.16. The first kappa shape index (κ1) is 12.0. The predicted octanol–water partition coefficient (Wildman–Crippen LogP) is 2.78. The van der Waals surface area contributed by atoms with Gasteiger partial charge in [0.05, 0.1) is 0 Å². The Bertz CT molecular complexity index is 403. The molecule has 1 aliphatic carbocycles. The summed E-state index contributed by atoms with van der Waals surface area (Å²) in [6.07, 6.45) is 5.12. The molecule has 3 N–H and O–H groups in total. The van der Waals surface area contributed by atoms with Gasteiger partial charge in [0.2, 0.25) is 5.91 Å². The highest BCUT2D eigenvalue weighted by atomic mass is 16.1. The zero-order valence-electron chi connectivity index (χ0n) is 10.3. The Hall–Kier alpha value is -1.51. The van der Waals surface area contributed by atoms with Crippen molar-refractivity contribution in [3.63, 3.8) is 0 Å². The second-order valence-electron chi connectivity index (χ2n) is 4.96. The van der Waals surface area contributed by atoms with Crippen LogP contribution in [0.25, 0.3) is 0 Å². The topological polar surface area (TPSA) is 55.1 Å². The molecule has 2 atom stereocenters. The van der Waals surface area contributed by atoms with E-state index >= 15 is 0 Å². The zero-order chi connectivity index (χ0) is 12.3. The summed E-state index contributed by atoms with van der Waals surface area (Å²) in [6, 6.07) is 7.97. The summed E-state index contributed by atoms with van der Waals surface area (Å²) in [5.41, 5.74) is 6.84. The summed E-state index contributed by atoms with van der Waals surface area (Å²) in [5.74, 6) is 0.325. The molecule has 0 aliphatic heterocycles. The molecule has 1 aromatic carbocycles. The molecular weight excluding hydrogens is 212 g/mol. The Labute approximate surface area is 102 Å². The lowest BCUT2D eigenvalue weighted by Crippen LogP contribution is -2.30. The fourth-order valence-electron chi connectivity index (χ4n) is 2.51. The highest BCUT2D eigenvalue weighted by Crippen LogP contribution is 2.26. The number of nitrogens with one attached hydrogen (secondary N) is 1. The number of anilines is 1. The Kier molecular flexibility index (Phi) is 3.67. The van der Waals surface area contributed by atoms with E-state index in [4.69, 9.17) is 5.73 Å². The first-order valence-electron chi connectivity index (χ1n) is 6.33. The van der Waals surface area contributed by atoms with E-state index in [-0.39, 0.29) is 5.91 Å². The lowest BCUT2D eigenvalue weighted by molar-refractivity contribution is 0.100. The van der Waals surface area contributed by atoms with E-state index in [9.17, 15) is 4.79 Å². The summed E-state index contributed by atoms with van der Waals surface area (Å²) in [4.78, 5) is 11.1. The summed E-state index contributed by atoms with van der Waals surface area (Å²) in [6.45, 7) is 2.29. The van der Waals surface area contributed by atoms with E-state index in [1.807, 2.05) is 18.2 Å². The minimum atomic E-state index is -0.370. The zero-order valence-corrected chi connectivity index (χ0v) is 10.3. The smallest absolute Gasteiger partial charge is 0.248 e. The third-order valence-electron chi connectivity index (χ3n) is 3.61. The number of carbonyl (C=O) groups is 1. The molecule has 0 heterocycles. The van der Waals surface area contributed by atoms with Gasteiger partial charge in [-0.25, -0.2) is 0 Å². The van der Waals surface area contributed by atoms with Crippen LogP contribution < -0.4 is 11.1 Å². The highest BCUT2D eigenvalue weighted by Gasteiger charge is 2.20. The molecule has 1 amide bonds. The third kappa shape index (κ3) is 2.99. The van der Waals surface area contributed by atoms with E-state index < -0.39 is 0 Å². The predicted molar refractivity (Wildman–Crippen MR) is 70.0 cm³/mol. The van der Waals surface area contributed by atoms with Gasteiger partial charge < -0.3 is 11.1 Å². The summed E-state index contributed by atoms with van der Waals surface area (Å²) < 4.78 is 0. The van der Waals surface area contributed by atoms with Crippen molar-refractivity contribution in [1.82, 2.24) is 0 Å². The number of hydrogen-bond donors (Lipinski definition) is 2. The number of benzene rings is 1. The molecule has 0 saturated heterocycles. The van der Waals surface area contributed by atoms with Gasteiger partial charge in [0.1, 0.15) is 0 Å². The van der Waals surface area contributed by atoms with Gasteiger partial charge in [-0.05, 0) is 37.0 Å². The van der Waals surface area contributed by atoms with Gasteiger partial charge in [0.15, 0.2) is 0 Å². The molecular formula is C14H20N2O. The number of amides is 1. The summed E-state index contributed by atoms with van der Waals surface area (Å²) in [7, 11) is 0. The van der Waals surface area contributed by atoms with Crippen LogP contribution in [0, 0.1) is 5.92 Å².